The number of carbonyl (C=O) groups excluding carboxylic acids is 1. The number of aromatic nitrogens is 1. The summed E-state index contributed by atoms with van der Waals surface area (Å²) < 4.78 is 5.40. The Labute approximate surface area is 185 Å². The Morgan fingerprint density at radius 2 is 1.97 bits per heavy atom. The number of hydrogen-bond acceptors (Lipinski definition) is 4. The van der Waals surface area contributed by atoms with Crippen LogP contribution < -0.4 is 10.2 Å². The molecule has 1 fully saturated rings. The molecule has 7 heteroatoms. The summed E-state index contributed by atoms with van der Waals surface area (Å²) in [5.41, 5.74) is 1.47. The van der Waals surface area contributed by atoms with Crippen LogP contribution in [0.15, 0.2) is 64.5 Å². The van der Waals surface area contributed by atoms with Crippen molar-refractivity contribution in [2.45, 2.75) is 16.3 Å². The Hall–Kier alpha value is -2.12. The highest BCUT2D eigenvalue weighted by Gasteiger charge is 2.15. The van der Waals surface area contributed by atoms with E-state index in [1.54, 1.807) is 4.90 Å². The van der Waals surface area contributed by atoms with Gasteiger partial charge in [0.2, 0.25) is 0 Å². The van der Waals surface area contributed by atoms with Crippen LogP contribution in [0.5, 0.6) is 0 Å². The number of halogens is 1. The maximum absolute atomic E-state index is 13.0. The number of rotatable bonds is 7. The average Bonchev–Trinajstić information content (AvgIpc) is 2.77. The quantitative estimate of drug-likeness (QED) is 0.552. The lowest BCUT2D eigenvalue weighted by Crippen LogP contribution is -3.14. The molecule has 0 aliphatic carbocycles. The number of quaternary nitrogens is 1. The first-order valence-corrected chi connectivity index (χ1v) is 11.4. The molecule has 4 rings (SSSR count). The molecule has 156 valence electrons. The molecule has 0 spiro atoms. The van der Waals surface area contributed by atoms with Crippen LogP contribution in [0.1, 0.15) is 16.8 Å². The van der Waals surface area contributed by atoms with Crippen LogP contribution in [-0.2, 0) is 4.74 Å². The van der Waals surface area contributed by atoms with Crippen LogP contribution in [0.4, 0.5) is 0 Å². The zero-order valence-corrected chi connectivity index (χ0v) is 18.3. The van der Waals surface area contributed by atoms with E-state index in [4.69, 9.17) is 21.3 Å². The third kappa shape index (κ3) is 5.52. The van der Waals surface area contributed by atoms with E-state index in [0.717, 1.165) is 60.1 Å². The summed E-state index contributed by atoms with van der Waals surface area (Å²) in [7, 11) is 0. The van der Waals surface area contributed by atoms with Gasteiger partial charge in [-0.2, -0.15) is 0 Å². The van der Waals surface area contributed by atoms with Gasteiger partial charge in [-0.05, 0) is 30.3 Å². The fourth-order valence-corrected chi connectivity index (χ4v) is 4.74. The second kappa shape index (κ2) is 10.3. The molecule has 0 radical (unpaired) electrons. The van der Waals surface area contributed by atoms with Crippen LogP contribution in [0.2, 0.25) is 5.02 Å². The molecule has 3 aromatic rings. The summed E-state index contributed by atoms with van der Waals surface area (Å²) in [4.78, 5) is 20.2. The standard InChI is InChI=1S/C23H24ClN3O2S/c24-17-5-3-6-18(15-17)30-22-16-20(19-7-1-2-8-21(19)26-22)23(28)25-9-4-10-27-11-13-29-14-12-27/h1-3,5-8,15-16H,4,9-14H2,(H,25,28)/p+1. The summed E-state index contributed by atoms with van der Waals surface area (Å²) >= 11 is 7.61. The van der Waals surface area contributed by atoms with Crippen molar-refractivity contribution in [3.8, 4) is 0 Å². The maximum Gasteiger partial charge on any atom is 0.252 e. The second-order valence-electron chi connectivity index (χ2n) is 7.31. The van der Waals surface area contributed by atoms with E-state index in [2.05, 4.69) is 5.32 Å². The lowest BCUT2D eigenvalue weighted by Gasteiger charge is -2.23. The monoisotopic (exact) mass is 442 g/mol. The molecule has 30 heavy (non-hydrogen) atoms. The number of benzene rings is 2. The Kier molecular flexibility index (Phi) is 7.23. The molecule has 1 saturated heterocycles. The summed E-state index contributed by atoms with van der Waals surface area (Å²) in [5.74, 6) is -0.0569. The van der Waals surface area contributed by atoms with Gasteiger partial charge in [0.1, 0.15) is 18.1 Å². The summed E-state index contributed by atoms with van der Waals surface area (Å²) in [6, 6.07) is 17.3. The van der Waals surface area contributed by atoms with Crippen molar-refractivity contribution in [2.75, 3.05) is 39.4 Å². The summed E-state index contributed by atoms with van der Waals surface area (Å²) in [6.45, 7) is 5.47. The zero-order chi connectivity index (χ0) is 20.8. The van der Waals surface area contributed by atoms with Crippen LogP contribution in [-0.4, -0.2) is 50.3 Å². The predicted molar refractivity (Wildman–Crippen MR) is 121 cm³/mol. The topological polar surface area (TPSA) is 55.7 Å². The first kappa shape index (κ1) is 21.1. The molecule has 1 aromatic heterocycles. The molecular weight excluding hydrogens is 418 g/mol. The molecule has 0 atom stereocenters. The van der Waals surface area contributed by atoms with Gasteiger partial charge < -0.3 is 15.0 Å². The van der Waals surface area contributed by atoms with Gasteiger partial charge in [-0.25, -0.2) is 4.98 Å². The Bertz CT molecular complexity index is 1020. The number of morpholine rings is 1. The van der Waals surface area contributed by atoms with Crippen LogP contribution in [0.3, 0.4) is 0 Å². The predicted octanol–water partition coefficient (Wildman–Crippen LogP) is 3.07. The Morgan fingerprint density at radius 1 is 1.13 bits per heavy atom. The lowest BCUT2D eigenvalue weighted by atomic mass is 10.1. The largest absolute Gasteiger partial charge is 0.370 e. The molecule has 5 nitrogen and oxygen atoms in total. The molecule has 1 amide bonds. The zero-order valence-electron chi connectivity index (χ0n) is 16.7. The summed E-state index contributed by atoms with van der Waals surface area (Å²) in [5, 5.41) is 5.41. The van der Waals surface area contributed by atoms with Gasteiger partial charge in [-0.15, -0.1) is 0 Å². The van der Waals surface area contributed by atoms with Gasteiger partial charge in [0.05, 0.1) is 30.8 Å². The van der Waals surface area contributed by atoms with Gasteiger partial charge in [-0.3, -0.25) is 4.79 Å². The van der Waals surface area contributed by atoms with E-state index < -0.39 is 0 Å². The third-order valence-corrected chi connectivity index (χ3v) is 6.29. The molecule has 2 heterocycles. The number of amides is 1. The summed E-state index contributed by atoms with van der Waals surface area (Å²) in [6.07, 6.45) is 0.953. The van der Waals surface area contributed by atoms with Crippen LogP contribution in [0, 0.1) is 0 Å². The second-order valence-corrected chi connectivity index (χ2v) is 8.84. The number of para-hydroxylation sites is 1. The lowest BCUT2D eigenvalue weighted by molar-refractivity contribution is -0.908. The number of pyridine rings is 1. The van der Waals surface area contributed by atoms with Gasteiger partial charge in [0.15, 0.2) is 0 Å². The molecule has 2 aromatic carbocycles. The fourth-order valence-electron chi connectivity index (χ4n) is 3.59. The minimum atomic E-state index is -0.0569. The average molecular weight is 443 g/mol. The van der Waals surface area contributed by atoms with E-state index >= 15 is 0 Å². The Morgan fingerprint density at radius 3 is 2.80 bits per heavy atom. The number of nitrogens with zero attached hydrogens (tertiary/aromatic N) is 1. The SMILES string of the molecule is O=C(NCCC[NH+]1CCOCC1)c1cc(Sc2cccc(Cl)c2)nc2ccccc12. The van der Waals surface area contributed by atoms with E-state index in [-0.39, 0.29) is 5.91 Å². The molecule has 0 bridgehead atoms. The van der Waals surface area contributed by atoms with E-state index in [1.165, 1.54) is 11.8 Å². The van der Waals surface area contributed by atoms with Gasteiger partial charge >= 0.3 is 0 Å². The van der Waals surface area contributed by atoms with Crippen LogP contribution in [0.25, 0.3) is 10.9 Å². The first-order chi connectivity index (χ1) is 14.7. The third-order valence-electron chi connectivity index (χ3n) is 5.15. The number of carbonyl (C=O) groups is 1. The van der Waals surface area contributed by atoms with Crippen molar-refractivity contribution in [2.24, 2.45) is 0 Å². The first-order valence-electron chi connectivity index (χ1n) is 10.2. The molecule has 0 saturated carbocycles. The molecule has 2 N–H and O–H groups in total. The number of fused-ring (bicyclic) bond motifs is 1. The highest BCUT2D eigenvalue weighted by molar-refractivity contribution is 7.99. The van der Waals surface area contributed by atoms with E-state index in [9.17, 15) is 4.79 Å². The van der Waals surface area contributed by atoms with Crippen molar-refractivity contribution < 1.29 is 14.4 Å². The molecular formula is C23H25ClN3O2S+. The normalized spacial score (nSPS) is 14.7. The molecule has 1 aliphatic rings. The highest BCUT2D eigenvalue weighted by Crippen LogP contribution is 2.31. The molecule has 1 aliphatic heterocycles. The van der Waals surface area contributed by atoms with Gasteiger partial charge in [0, 0.05) is 28.3 Å². The van der Waals surface area contributed by atoms with Crippen LogP contribution >= 0.6 is 23.4 Å². The van der Waals surface area contributed by atoms with Crippen molar-refractivity contribution in [3.63, 3.8) is 0 Å². The molecule has 0 unspecified atom stereocenters. The van der Waals surface area contributed by atoms with Crippen molar-refractivity contribution >= 4 is 40.2 Å². The van der Waals surface area contributed by atoms with Crippen molar-refractivity contribution in [1.29, 1.82) is 0 Å². The minimum absolute atomic E-state index is 0.0569. The number of hydrogen-bond donors (Lipinski definition) is 2. The Balaban J connectivity index is 1.46. The number of nitrogens with one attached hydrogen (secondary N) is 2. The number of ether oxygens (including phenoxy) is 1. The van der Waals surface area contributed by atoms with Crippen molar-refractivity contribution in [1.82, 2.24) is 10.3 Å². The van der Waals surface area contributed by atoms with E-state index in [0.29, 0.717) is 17.1 Å². The fraction of sp³-hybridized carbons (Fsp3) is 0.304. The minimum Gasteiger partial charge on any atom is -0.370 e. The van der Waals surface area contributed by atoms with Gasteiger partial charge in [-0.1, -0.05) is 47.6 Å². The highest BCUT2D eigenvalue weighted by atomic mass is 35.5. The maximum atomic E-state index is 13.0. The van der Waals surface area contributed by atoms with Crippen molar-refractivity contribution in [3.05, 3.63) is 65.2 Å². The van der Waals surface area contributed by atoms with E-state index in [1.807, 2.05) is 54.6 Å². The smallest absolute Gasteiger partial charge is 0.252 e. The van der Waals surface area contributed by atoms with Gasteiger partial charge in [0.25, 0.3) is 5.91 Å².